The summed E-state index contributed by atoms with van der Waals surface area (Å²) < 4.78 is 36.4. The van der Waals surface area contributed by atoms with Crippen LogP contribution >= 0.6 is 0 Å². The highest BCUT2D eigenvalue weighted by molar-refractivity contribution is 7.92. The molecule has 0 spiro atoms. The zero-order chi connectivity index (χ0) is 25.5. The van der Waals surface area contributed by atoms with Gasteiger partial charge in [-0.2, -0.15) is 0 Å². The number of hydrogen-bond donors (Lipinski definition) is 6. The van der Waals surface area contributed by atoms with Gasteiger partial charge >= 0.3 is 5.97 Å². The first-order valence-electron chi connectivity index (χ1n) is 10.2. The SMILES string of the molecule is CS(=O)(=O)Nc1ccc(C(=O)O[C@H]2Cc3c(O)cc(O)cc3O[C@@H]2c2ccc(O)c(O)c2)cc1O. The van der Waals surface area contributed by atoms with Crippen LogP contribution in [0.4, 0.5) is 5.69 Å². The lowest BCUT2D eigenvalue weighted by Gasteiger charge is -2.34. The monoisotopic (exact) mass is 503 g/mol. The molecular weight excluding hydrogens is 482 g/mol. The average Bonchev–Trinajstić information content (AvgIpc) is 2.76. The fourth-order valence-electron chi connectivity index (χ4n) is 3.70. The normalized spacial score (nSPS) is 17.2. The largest absolute Gasteiger partial charge is 0.508 e. The number of anilines is 1. The highest BCUT2D eigenvalue weighted by Crippen LogP contribution is 2.44. The maximum atomic E-state index is 12.9. The van der Waals surface area contributed by atoms with E-state index in [2.05, 4.69) is 4.72 Å². The zero-order valence-corrected chi connectivity index (χ0v) is 19.0. The average molecular weight is 503 g/mol. The molecule has 0 saturated carbocycles. The van der Waals surface area contributed by atoms with Gasteiger partial charge in [-0.25, -0.2) is 13.2 Å². The zero-order valence-electron chi connectivity index (χ0n) is 18.2. The Kier molecular flexibility index (Phi) is 5.99. The highest BCUT2D eigenvalue weighted by Gasteiger charge is 2.36. The Morgan fingerprint density at radius 2 is 1.69 bits per heavy atom. The highest BCUT2D eigenvalue weighted by atomic mass is 32.2. The van der Waals surface area contributed by atoms with E-state index in [-0.39, 0.29) is 46.2 Å². The van der Waals surface area contributed by atoms with Crippen molar-refractivity contribution in [3.8, 4) is 34.5 Å². The molecule has 35 heavy (non-hydrogen) atoms. The molecule has 0 saturated heterocycles. The van der Waals surface area contributed by atoms with Crippen molar-refractivity contribution in [2.45, 2.75) is 18.6 Å². The molecule has 0 fully saturated rings. The number of aromatic hydroxyl groups is 5. The molecule has 2 atom stereocenters. The number of phenols is 5. The van der Waals surface area contributed by atoms with Crippen LogP contribution in [0.1, 0.15) is 27.6 Å². The molecular formula is C23H21NO10S. The van der Waals surface area contributed by atoms with Gasteiger partial charge in [-0.3, -0.25) is 4.72 Å². The van der Waals surface area contributed by atoms with Crippen LogP contribution in [0.2, 0.25) is 0 Å². The summed E-state index contributed by atoms with van der Waals surface area (Å²) in [5.74, 6) is -2.56. The second-order valence-electron chi connectivity index (χ2n) is 7.98. The first kappa shape index (κ1) is 23.8. The maximum Gasteiger partial charge on any atom is 0.338 e. The summed E-state index contributed by atoms with van der Waals surface area (Å²) in [5.41, 5.74) is 0.397. The number of ether oxygens (including phenoxy) is 2. The molecule has 4 rings (SSSR count). The van der Waals surface area contributed by atoms with E-state index in [0.717, 1.165) is 18.4 Å². The molecule has 184 valence electrons. The van der Waals surface area contributed by atoms with Crippen LogP contribution in [0.25, 0.3) is 0 Å². The van der Waals surface area contributed by atoms with Crippen LogP contribution in [0.15, 0.2) is 48.5 Å². The lowest BCUT2D eigenvalue weighted by molar-refractivity contribution is -0.0188. The molecule has 0 radical (unpaired) electrons. The summed E-state index contributed by atoms with van der Waals surface area (Å²) in [6.07, 6.45) is -1.16. The van der Waals surface area contributed by atoms with Gasteiger partial charge < -0.3 is 35.0 Å². The third kappa shape index (κ3) is 5.11. The van der Waals surface area contributed by atoms with Crippen LogP contribution in [-0.2, 0) is 21.2 Å². The number of rotatable bonds is 5. The van der Waals surface area contributed by atoms with E-state index in [9.17, 15) is 38.7 Å². The van der Waals surface area contributed by atoms with Crippen molar-refractivity contribution in [2.24, 2.45) is 0 Å². The molecule has 11 nitrogen and oxygen atoms in total. The summed E-state index contributed by atoms with van der Waals surface area (Å²) >= 11 is 0. The minimum absolute atomic E-state index is 0.0286. The van der Waals surface area contributed by atoms with Crippen molar-refractivity contribution in [3.63, 3.8) is 0 Å². The molecule has 1 heterocycles. The number of esters is 1. The van der Waals surface area contributed by atoms with Crippen molar-refractivity contribution in [3.05, 3.63) is 65.2 Å². The number of fused-ring (bicyclic) bond motifs is 1. The Morgan fingerprint density at radius 1 is 0.943 bits per heavy atom. The number of carbonyl (C=O) groups is 1. The van der Waals surface area contributed by atoms with E-state index in [4.69, 9.17) is 9.47 Å². The smallest absolute Gasteiger partial charge is 0.338 e. The summed E-state index contributed by atoms with van der Waals surface area (Å²) in [4.78, 5) is 12.9. The third-order valence-corrected chi connectivity index (χ3v) is 5.87. The van der Waals surface area contributed by atoms with Gasteiger partial charge in [0.1, 0.15) is 29.1 Å². The van der Waals surface area contributed by atoms with Crippen molar-refractivity contribution < 1.29 is 48.2 Å². The molecule has 0 aliphatic carbocycles. The molecule has 3 aromatic carbocycles. The van der Waals surface area contributed by atoms with Gasteiger partial charge in [-0.05, 0) is 30.3 Å². The molecule has 0 unspecified atom stereocenters. The van der Waals surface area contributed by atoms with Gasteiger partial charge in [0.25, 0.3) is 0 Å². The van der Waals surface area contributed by atoms with Gasteiger partial charge in [-0.1, -0.05) is 6.07 Å². The fraction of sp³-hybridized carbons (Fsp3) is 0.174. The lowest BCUT2D eigenvalue weighted by atomic mass is 9.93. The summed E-state index contributed by atoms with van der Waals surface area (Å²) in [5, 5.41) is 49.8. The van der Waals surface area contributed by atoms with Gasteiger partial charge in [0.05, 0.1) is 17.5 Å². The fourth-order valence-corrected chi connectivity index (χ4v) is 4.27. The van der Waals surface area contributed by atoms with Crippen LogP contribution in [-0.4, -0.2) is 52.3 Å². The van der Waals surface area contributed by atoms with E-state index in [1.54, 1.807) is 0 Å². The second-order valence-corrected chi connectivity index (χ2v) is 9.73. The Hall–Kier alpha value is -4.32. The van der Waals surface area contributed by atoms with Crippen molar-refractivity contribution in [2.75, 3.05) is 11.0 Å². The Labute approximate surface area is 199 Å². The van der Waals surface area contributed by atoms with Crippen LogP contribution < -0.4 is 9.46 Å². The van der Waals surface area contributed by atoms with Gasteiger partial charge in [-0.15, -0.1) is 0 Å². The molecule has 0 bridgehead atoms. The van der Waals surface area contributed by atoms with Gasteiger partial charge in [0.15, 0.2) is 17.6 Å². The topological polar surface area (TPSA) is 183 Å². The molecule has 1 aliphatic rings. The molecule has 0 amide bonds. The maximum absolute atomic E-state index is 12.9. The number of carbonyl (C=O) groups excluding carboxylic acids is 1. The van der Waals surface area contributed by atoms with E-state index in [1.165, 1.54) is 36.4 Å². The minimum atomic E-state index is -3.66. The van der Waals surface area contributed by atoms with Crippen molar-refractivity contribution in [1.82, 2.24) is 0 Å². The van der Waals surface area contributed by atoms with Gasteiger partial charge in [0, 0.05) is 29.7 Å². The number of nitrogens with one attached hydrogen (secondary N) is 1. The standard InChI is InChI=1S/C23H21NO10S/c1-35(31,32)24-15-4-2-12(7-18(15)28)23(30)34-21-10-14-17(27)8-13(25)9-20(14)33-22(21)11-3-5-16(26)19(29)6-11/h2-9,21-22,24-29H,10H2,1H3/t21-,22+/m0/s1. The quantitative estimate of drug-likeness (QED) is 0.223. The lowest BCUT2D eigenvalue weighted by Crippen LogP contribution is -2.34. The van der Waals surface area contributed by atoms with Crippen molar-refractivity contribution in [1.29, 1.82) is 0 Å². The number of phenolic OH excluding ortho intramolecular Hbond substituents is 5. The minimum Gasteiger partial charge on any atom is -0.508 e. The Balaban J connectivity index is 1.66. The summed E-state index contributed by atoms with van der Waals surface area (Å²) in [7, 11) is -3.66. The molecule has 3 aromatic rings. The van der Waals surface area contributed by atoms with Crippen molar-refractivity contribution >= 4 is 21.7 Å². The Bertz CT molecular complexity index is 1420. The van der Waals surface area contributed by atoms with E-state index in [1.807, 2.05) is 0 Å². The predicted octanol–water partition coefficient (Wildman–Crippen LogP) is 2.49. The first-order chi connectivity index (χ1) is 16.4. The molecule has 0 aromatic heterocycles. The number of benzene rings is 3. The van der Waals surface area contributed by atoms with Crippen LogP contribution in [0.3, 0.4) is 0 Å². The number of hydrogen-bond acceptors (Lipinski definition) is 10. The Morgan fingerprint density at radius 3 is 2.34 bits per heavy atom. The van der Waals surface area contributed by atoms with Crippen LogP contribution in [0, 0.1) is 0 Å². The molecule has 6 N–H and O–H groups in total. The molecule has 1 aliphatic heterocycles. The van der Waals surface area contributed by atoms with E-state index in [0.29, 0.717) is 5.56 Å². The number of sulfonamides is 1. The van der Waals surface area contributed by atoms with E-state index < -0.39 is 39.7 Å². The first-order valence-corrected chi connectivity index (χ1v) is 12.1. The second kappa shape index (κ2) is 8.80. The predicted molar refractivity (Wildman–Crippen MR) is 122 cm³/mol. The summed E-state index contributed by atoms with van der Waals surface area (Å²) in [6.45, 7) is 0. The summed E-state index contributed by atoms with van der Waals surface area (Å²) in [6, 6.07) is 9.79. The van der Waals surface area contributed by atoms with Crippen LogP contribution in [0.5, 0.6) is 34.5 Å². The third-order valence-electron chi connectivity index (χ3n) is 5.28. The van der Waals surface area contributed by atoms with Gasteiger partial charge in [0.2, 0.25) is 10.0 Å². The molecule has 12 heteroatoms. The van der Waals surface area contributed by atoms with E-state index >= 15 is 0 Å².